The van der Waals surface area contributed by atoms with Crippen LogP contribution in [0.4, 0.5) is 5.82 Å². The molecule has 0 saturated heterocycles. The number of ether oxygens (including phenoxy) is 1. The van der Waals surface area contributed by atoms with Gasteiger partial charge in [0.15, 0.2) is 0 Å². The van der Waals surface area contributed by atoms with E-state index in [-0.39, 0.29) is 0 Å². The molecule has 0 unspecified atom stereocenters. The Hall–Kier alpha value is -3.33. The van der Waals surface area contributed by atoms with Crippen LogP contribution in [0.15, 0.2) is 41.3 Å². The smallest absolute Gasteiger partial charge is 0.319 e. The third kappa shape index (κ3) is 4.34. The number of aryl methyl sites for hydroxylation is 2. The summed E-state index contributed by atoms with van der Waals surface area (Å²) in [6.07, 6.45) is 6.04. The van der Waals surface area contributed by atoms with Gasteiger partial charge in [0.25, 0.3) is 0 Å². The molecule has 1 saturated carbocycles. The third-order valence-electron chi connectivity index (χ3n) is 5.59. The minimum Gasteiger partial charge on any atom is -0.463 e. The van der Waals surface area contributed by atoms with Crippen LogP contribution < -0.4 is 10.1 Å². The van der Waals surface area contributed by atoms with Gasteiger partial charge in [-0.05, 0) is 39.3 Å². The van der Waals surface area contributed by atoms with Crippen LogP contribution in [0.25, 0.3) is 11.6 Å². The number of hydrogen-bond acceptors (Lipinski definition) is 9. The molecule has 1 N–H and O–H groups in total. The second-order valence-electron chi connectivity index (χ2n) is 7.93. The van der Waals surface area contributed by atoms with Crippen molar-refractivity contribution in [3.63, 3.8) is 0 Å². The first-order valence-electron chi connectivity index (χ1n) is 10.6. The second-order valence-corrected chi connectivity index (χ2v) is 9.22. The second kappa shape index (κ2) is 8.66. The highest BCUT2D eigenvalue weighted by Gasteiger charge is 2.40. The van der Waals surface area contributed by atoms with Crippen molar-refractivity contribution in [3.8, 4) is 17.6 Å². The highest BCUT2D eigenvalue weighted by molar-refractivity contribution is 7.11. The van der Waals surface area contributed by atoms with Crippen molar-refractivity contribution in [2.45, 2.75) is 39.7 Å². The number of pyridine rings is 1. The Bertz CT molecular complexity index is 1210. The highest BCUT2D eigenvalue weighted by atomic mass is 32.1. The molecule has 0 bridgehead atoms. The van der Waals surface area contributed by atoms with Crippen molar-refractivity contribution >= 4 is 17.2 Å². The number of nitrogens with one attached hydrogen (secondary N) is 1. The highest BCUT2D eigenvalue weighted by Crippen LogP contribution is 2.46. The number of aromatic nitrogens is 5. The van der Waals surface area contributed by atoms with Gasteiger partial charge in [0.05, 0.1) is 30.1 Å². The van der Waals surface area contributed by atoms with Crippen LogP contribution >= 0.6 is 11.3 Å². The van der Waals surface area contributed by atoms with Crippen LogP contribution in [0.5, 0.6) is 6.01 Å². The van der Waals surface area contributed by atoms with E-state index in [0.717, 1.165) is 28.4 Å². The average Bonchev–Trinajstić information content (AvgIpc) is 3.21. The molecule has 0 aliphatic heterocycles. The Kier molecular flexibility index (Phi) is 5.57. The Morgan fingerprint density at radius 2 is 2.03 bits per heavy atom. The largest absolute Gasteiger partial charge is 0.463 e. The van der Waals surface area contributed by atoms with E-state index in [4.69, 9.17) is 9.15 Å². The minimum atomic E-state index is 0.315. The lowest BCUT2D eigenvalue weighted by atomic mass is 10.2. The molecule has 2 atom stereocenters. The van der Waals surface area contributed by atoms with Gasteiger partial charge >= 0.3 is 6.01 Å². The van der Waals surface area contributed by atoms with Crippen LogP contribution in [0.2, 0.25) is 0 Å². The predicted molar refractivity (Wildman–Crippen MR) is 122 cm³/mol. The molecule has 164 valence electrons. The fourth-order valence-corrected chi connectivity index (χ4v) is 4.63. The van der Waals surface area contributed by atoms with Crippen LogP contribution in [-0.2, 0) is 6.54 Å². The molecule has 9 heteroatoms. The van der Waals surface area contributed by atoms with Gasteiger partial charge in [-0.15, -0.1) is 11.3 Å². The zero-order chi connectivity index (χ0) is 22.1. The van der Waals surface area contributed by atoms with Crippen molar-refractivity contribution in [3.05, 3.63) is 63.7 Å². The lowest BCUT2D eigenvalue weighted by molar-refractivity contribution is 0.274. The molecule has 0 radical (unpaired) electrons. The van der Waals surface area contributed by atoms with Crippen LogP contribution in [0, 0.1) is 26.7 Å². The summed E-state index contributed by atoms with van der Waals surface area (Å²) in [4.78, 5) is 23.6. The first-order valence-corrected chi connectivity index (χ1v) is 11.4. The van der Waals surface area contributed by atoms with E-state index in [2.05, 4.69) is 36.3 Å². The van der Waals surface area contributed by atoms with Gasteiger partial charge in [-0.1, -0.05) is 6.07 Å². The van der Waals surface area contributed by atoms with Crippen LogP contribution in [0.3, 0.4) is 0 Å². The summed E-state index contributed by atoms with van der Waals surface area (Å²) in [5.41, 5.74) is 3.63. The molecule has 8 nitrogen and oxygen atoms in total. The summed E-state index contributed by atoms with van der Waals surface area (Å²) < 4.78 is 11.5. The number of anilines is 1. The fourth-order valence-electron chi connectivity index (χ4n) is 3.75. The van der Waals surface area contributed by atoms with E-state index >= 15 is 0 Å². The maximum absolute atomic E-state index is 6.03. The zero-order valence-electron chi connectivity index (χ0n) is 18.2. The van der Waals surface area contributed by atoms with Gasteiger partial charge in [0, 0.05) is 34.2 Å². The number of thiazole rings is 1. The molecule has 4 aromatic heterocycles. The molecule has 32 heavy (non-hydrogen) atoms. The summed E-state index contributed by atoms with van der Waals surface area (Å²) in [5.74, 6) is 1.99. The SMILES string of the molecule is Cc1nc(C)c(CNc2nc(OC[C@H]3C[C@@H]3c3ccccn3)nc(-c3ncco3)c2C)s1. The molecule has 4 heterocycles. The topological polar surface area (TPSA) is 98.9 Å². The molecule has 1 fully saturated rings. The van der Waals surface area contributed by atoms with E-state index < -0.39 is 0 Å². The molecule has 0 spiro atoms. The fraction of sp³-hybridized carbons (Fsp3) is 0.348. The van der Waals surface area contributed by atoms with E-state index in [0.29, 0.717) is 48.4 Å². The molecular weight excluding hydrogens is 424 g/mol. The van der Waals surface area contributed by atoms with Crippen molar-refractivity contribution in [2.24, 2.45) is 5.92 Å². The van der Waals surface area contributed by atoms with Crippen LogP contribution in [0.1, 0.15) is 39.2 Å². The number of oxazole rings is 1. The van der Waals surface area contributed by atoms with Gasteiger partial charge in [0.2, 0.25) is 5.89 Å². The Morgan fingerprint density at radius 1 is 1.12 bits per heavy atom. The van der Waals surface area contributed by atoms with E-state index in [9.17, 15) is 0 Å². The lowest BCUT2D eigenvalue weighted by Crippen LogP contribution is -2.10. The standard InChI is InChI=1S/C23H24N6O2S/c1-13-20(22-25-8-9-30-22)28-23(29-21(13)26-11-19-14(2)27-15(3)32-19)31-12-16-10-17(16)18-6-4-5-7-24-18/h4-9,16-17H,10-12H2,1-3H3,(H,26,28,29)/t16-,17+/m1/s1. The minimum absolute atomic E-state index is 0.315. The van der Waals surface area contributed by atoms with Crippen molar-refractivity contribution in [2.75, 3.05) is 11.9 Å². The normalized spacial score (nSPS) is 17.3. The molecule has 5 rings (SSSR count). The summed E-state index contributed by atoms with van der Waals surface area (Å²) >= 11 is 1.68. The van der Waals surface area contributed by atoms with E-state index in [1.165, 1.54) is 11.1 Å². The van der Waals surface area contributed by atoms with Crippen LogP contribution in [-0.4, -0.2) is 31.5 Å². The van der Waals surface area contributed by atoms with Gasteiger partial charge in [0.1, 0.15) is 17.8 Å². The summed E-state index contributed by atoms with van der Waals surface area (Å²) in [6, 6.07) is 6.34. The molecule has 4 aromatic rings. The Labute approximate surface area is 190 Å². The molecular formula is C23H24N6O2S. The maximum Gasteiger partial charge on any atom is 0.319 e. The van der Waals surface area contributed by atoms with E-state index in [1.54, 1.807) is 17.5 Å². The first kappa shape index (κ1) is 20.6. The zero-order valence-corrected chi connectivity index (χ0v) is 19.0. The molecule has 0 aromatic carbocycles. The number of rotatable bonds is 8. The quantitative estimate of drug-likeness (QED) is 0.414. The van der Waals surface area contributed by atoms with Crippen molar-refractivity contribution in [1.29, 1.82) is 0 Å². The van der Waals surface area contributed by atoms with Crippen molar-refractivity contribution < 1.29 is 9.15 Å². The predicted octanol–water partition coefficient (Wildman–Crippen LogP) is 4.70. The van der Waals surface area contributed by atoms with Gasteiger partial charge in [-0.3, -0.25) is 4.98 Å². The third-order valence-corrected chi connectivity index (χ3v) is 6.67. The lowest BCUT2D eigenvalue weighted by Gasteiger charge is -2.13. The number of nitrogens with zero attached hydrogens (tertiary/aromatic N) is 5. The maximum atomic E-state index is 6.03. The summed E-state index contributed by atoms with van der Waals surface area (Å²) in [7, 11) is 0. The van der Waals surface area contributed by atoms with Gasteiger partial charge < -0.3 is 14.5 Å². The number of hydrogen-bond donors (Lipinski definition) is 1. The average molecular weight is 449 g/mol. The molecule has 1 aliphatic carbocycles. The van der Waals surface area contributed by atoms with Gasteiger partial charge in [-0.2, -0.15) is 9.97 Å². The molecule has 1 aliphatic rings. The molecule has 0 amide bonds. The van der Waals surface area contributed by atoms with E-state index in [1.807, 2.05) is 39.1 Å². The Morgan fingerprint density at radius 3 is 2.75 bits per heavy atom. The monoisotopic (exact) mass is 448 g/mol. The van der Waals surface area contributed by atoms with Gasteiger partial charge in [-0.25, -0.2) is 9.97 Å². The summed E-state index contributed by atoms with van der Waals surface area (Å²) in [6.45, 7) is 7.16. The van der Waals surface area contributed by atoms with Crippen molar-refractivity contribution in [1.82, 2.24) is 24.9 Å². The Balaban J connectivity index is 1.34. The summed E-state index contributed by atoms with van der Waals surface area (Å²) in [5, 5.41) is 4.47. The first-order chi connectivity index (χ1) is 15.6.